The lowest BCUT2D eigenvalue weighted by Gasteiger charge is -2.39. The van der Waals surface area contributed by atoms with Gasteiger partial charge in [0.25, 0.3) is 0 Å². The topological polar surface area (TPSA) is 71.4 Å². The second kappa shape index (κ2) is 6.69. The summed E-state index contributed by atoms with van der Waals surface area (Å²) in [5.41, 5.74) is -0.253. The van der Waals surface area contributed by atoms with E-state index in [4.69, 9.17) is 0 Å². The summed E-state index contributed by atoms with van der Waals surface area (Å²) >= 11 is 0. The highest BCUT2D eigenvalue weighted by Crippen LogP contribution is 2.45. The Labute approximate surface area is 151 Å². The minimum atomic E-state index is -0.780. The Balaban J connectivity index is 2.45. The summed E-state index contributed by atoms with van der Waals surface area (Å²) in [5, 5.41) is 10.6. The van der Waals surface area contributed by atoms with E-state index in [1.54, 1.807) is 0 Å². The van der Waals surface area contributed by atoms with Gasteiger partial charge in [-0.25, -0.2) is 0 Å². The summed E-state index contributed by atoms with van der Waals surface area (Å²) in [7, 11) is 0. The van der Waals surface area contributed by atoms with Crippen molar-refractivity contribution in [2.45, 2.75) is 73.6 Å². The second-order valence-corrected chi connectivity index (χ2v) is 9.97. The number of ketones is 3. The van der Waals surface area contributed by atoms with Crippen LogP contribution in [0.4, 0.5) is 0 Å². The van der Waals surface area contributed by atoms with Crippen LogP contribution in [0.15, 0.2) is 11.3 Å². The quantitative estimate of drug-likeness (QED) is 0.763. The molecule has 1 unspecified atom stereocenters. The molecule has 2 aliphatic carbocycles. The zero-order chi connectivity index (χ0) is 19.2. The Morgan fingerprint density at radius 1 is 0.920 bits per heavy atom. The molecule has 0 aliphatic heterocycles. The van der Waals surface area contributed by atoms with Gasteiger partial charge >= 0.3 is 0 Å². The van der Waals surface area contributed by atoms with Gasteiger partial charge in [-0.05, 0) is 23.2 Å². The van der Waals surface area contributed by atoms with E-state index in [2.05, 4.69) is 0 Å². The molecule has 0 saturated heterocycles. The number of carbonyl (C=O) groups is 3. The van der Waals surface area contributed by atoms with E-state index in [1.165, 1.54) is 0 Å². The summed E-state index contributed by atoms with van der Waals surface area (Å²) in [6.07, 6.45) is 2.04. The highest BCUT2D eigenvalue weighted by molar-refractivity contribution is 6.08. The van der Waals surface area contributed by atoms with Crippen molar-refractivity contribution in [3.63, 3.8) is 0 Å². The molecule has 4 nitrogen and oxygen atoms in total. The molecule has 25 heavy (non-hydrogen) atoms. The lowest BCUT2D eigenvalue weighted by atomic mass is 9.62. The van der Waals surface area contributed by atoms with Crippen molar-refractivity contribution in [3.8, 4) is 0 Å². The molecule has 1 fully saturated rings. The van der Waals surface area contributed by atoms with Gasteiger partial charge in [-0.3, -0.25) is 14.4 Å². The maximum Gasteiger partial charge on any atom is 0.163 e. The molecule has 0 aromatic rings. The zero-order valence-electron chi connectivity index (χ0n) is 16.4. The molecule has 0 aromatic heterocycles. The number of rotatable bonds is 4. The predicted octanol–water partition coefficient (Wildman–Crippen LogP) is 4.42. The van der Waals surface area contributed by atoms with Gasteiger partial charge in [-0.1, -0.05) is 41.5 Å². The van der Waals surface area contributed by atoms with Crippen molar-refractivity contribution < 1.29 is 19.5 Å². The van der Waals surface area contributed by atoms with Crippen LogP contribution in [0.5, 0.6) is 0 Å². The van der Waals surface area contributed by atoms with Gasteiger partial charge in [0, 0.05) is 37.2 Å². The summed E-state index contributed by atoms with van der Waals surface area (Å²) in [5.74, 6) is -1.22. The van der Waals surface area contributed by atoms with Crippen molar-refractivity contribution >= 4 is 17.3 Å². The largest absolute Gasteiger partial charge is 0.512 e. The highest BCUT2D eigenvalue weighted by Gasteiger charge is 2.47. The van der Waals surface area contributed by atoms with E-state index in [-0.39, 0.29) is 39.9 Å². The van der Waals surface area contributed by atoms with Gasteiger partial charge in [0.15, 0.2) is 5.78 Å². The third-order valence-corrected chi connectivity index (χ3v) is 5.39. The van der Waals surface area contributed by atoms with E-state index in [9.17, 15) is 19.5 Å². The van der Waals surface area contributed by atoms with E-state index in [0.29, 0.717) is 37.7 Å². The summed E-state index contributed by atoms with van der Waals surface area (Å²) in [4.78, 5) is 38.4. The molecule has 0 spiro atoms. The Morgan fingerprint density at radius 2 is 1.40 bits per heavy atom. The predicted molar refractivity (Wildman–Crippen MR) is 97.1 cm³/mol. The third kappa shape index (κ3) is 4.39. The average molecular weight is 348 g/mol. The Hall–Kier alpha value is -1.45. The van der Waals surface area contributed by atoms with Crippen LogP contribution in [-0.2, 0) is 14.4 Å². The minimum absolute atomic E-state index is 0.0789. The van der Waals surface area contributed by atoms with E-state index >= 15 is 0 Å². The first-order valence-corrected chi connectivity index (χ1v) is 9.33. The van der Waals surface area contributed by atoms with Crippen molar-refractivity contribution in [2.24, 2.45) is 28.6 Å². The fraction of sp³-hybridized carbons (Fsp3) is 0.762. The number of Topliss-reactive ketones (excluding diaryl/α,β-unsaturated/α-hetero) is 3. The first-order chi connectivity index (χ1) is 11.3. The van der Waals surface area contributed by atoms with Gasteiger partial charge in [-0.15, -0.1) is 0 Å². The third-order valence-electron chi connectivity index (χ3n) is 5.39. The molecule has 1 atom stereocenters. The zero-order valence-corrected chi connectivity index (χ0v) is 16.4. The molecule has 1 N–H and O–H groups in total. The van der Waals surface area contributed by atoms with Gasteiger partial charge in [-0.2, -0.15) is 0 Å². The molecule has 0 bridgehead atoms. The van der Waals surface area contributed by atoms with Crippen LogP contribution in [0.1, 0.15) is 73.6 Å². The van der Waals surface area contributed by atoms with Gasteiger partial charge < -0.3 is 5.11 Å². The normalized spacial score (nSPS) is 25.6. The highest BCUT2D eigenvalue weighted by atomic mass is 16.3. The van der Waals surface area contributed by atoms with Gasteiger partial charge in [0.05, 0.1) is 11.7 Å². The van der Waals surface area contributed by atoms with Gasteiger partial charge in [0.2, 0.25) is 0 Å². The number of aliphatic hydroxyl groups excluding tert-OH is 1. The van der Waals surface area contributed by atoms with E-state index < -0.39 is 11.8 Å². The van der Waals surface area contributed by atoms with Crippen LogP contribution in [0.2, 0.25) is 0 Å². The molecular weight excluding hydrogens is 316 g/mol. The van der Waals surface area contributed by atoms with Crippen LogP contribution >= 0.6 is 0 Å². The maximum atomic E-state index is 12.8. The molecule has 2 rings (SSSR count). The van der Waals surface area contributed by atoms with Crippen LogP contribution < -0.4 is 0 Å². The molecular formula is C21H32O4. The molecule has 0 heterocycles. The number of allylic oxidation sites excluding steroid dienone is 2. The molecule has 0 aromatic carbocycles. The van der Waals surface area contributed by atoms with Gasteiger partial charge in [0.1, 0.15) is 11.6 Å². The van der Waals surface area contributed by atoms with Crippen LogP contribution in [0.25, 0.3) is 0 Å². The fourth-order valence-corrected chi connectivity index (χ4v) is 4.51. The van der Waals surface area contributed by atoms with E-state index in [1.807, 2.05) is 41.5 Å². The number of hydrogen-bond donors (Lipinski definition) is 1. The SMILES string of the molecule is CC(C)CC(C1=C(O)CC(C)(C)CC1=O)C1C(=O)CC(C)(C)CC1=O. The van der Waals surface area contributed by atoms with Crippen molar-refractivity contribution in [1.82, 2.24) is 0 Å². The van der Waals surface area contributed by atoms with Crippen molar-refractivity contribution in [2.75, 3.05) is 0 Å². The van der Waals surface area contributed by atoms with Crippen LogP contribution in [0.3, 0.4) is 0 Å². The van der Waals surface area contributed by atoms with Crippen LogP contribution in [-0.4, -0.2) is 22.5 Å². The molecule has 140 valence electrons. The molecule has 2 aliphatic rings. The summed E-state index contributed by atoms with van der Waals surface area (Å²) in [6, 6.07) is 0. The average Bonchev–Trinajstić information content (AvgIpc) is 2.32. The summed E-state index contributed by atoms with van der Waals surface area (Å²) < 4.78 is 0. The van der Waals surface area contributed by atoms with Crippen molar-refractivity contribution in [1.29, 1.82) is 0 Å². The minimum Gasteiger partial charge on any atom is -0.512 e. The maximum absolute atomic E-state index is 12.8. The monoisotopic (exact) mass is 348 g/mol. The lowest BCUT2D eigenvalue weighted by molar-refractivity contribution is -0.141. The molecule has 0 radical (unpaired) electrons. The fourth-order valence-electron chi connectivity index (χ4n) is 4.51. The first kappa shape index (κ1) is 19.9. The molecule has 4 heteroatoms. The number of carbonyl (C=O) groups excluding carboxylic acids is 3. The van der Waals surface area contributed by atoms with E-state index in [0.717, 1.165) is 0 Å². The Bertz CT molecular complexity index is 602. The Kier molecular flexibility index (Phi) is 5.32. The summed E-state index contributed by atoms with van der Waals surface area (Å²) in [6.45, 7) is 11.8. The number of aliphatic hydroxyl groups is 1. The standard InChI is InChI=1S/C21H32O4/c1-12(2)7-13(18-14(22)8-20(3,4)9-15(18)23)19-16(24)10-21(5,6)11-17(19)25/h12-13,18,24H,7-11H2,1-6H3. The molecule has 1 saturated carbocycles. The first-order valence-electron chi connectivity index (χ1n) is 9.33. The van der Waals surface area contributed by atoms with Crippen LogP contribution in [0, 0.1) is 28.6 Å². The smallest absolute Gasteiger partial charge is 0.163 e. The second-order valence-electron chi connectivity index (χ2n) is 9.97. The Morgan fingerprint density at radius 3 is 1.84 bits per heavy atom. The van der Waals surface area contributed by atoms with Crippen molar-refractivity contribution in [3.05, 3.63) is 11.3 Å². The molecule has 0 amide bonds. The number of hydrogen-bond acceptors (Lipinski definition) is 4. The lowest BCUT2D eigenvalue weighted by Crippen LogP contribution is -2.44.